The van der Waals surface area contributed by atoms with Gasteiger partial charge in [0.15, 0.2) is 5.96 Å². The summed E-state index contributed by atoms with van der Waals surface area (Å²) in [6, 6.07) is 8.53. The highest BCUT2D eigenvalue weighted by atomic mass is 127. The molecule has 0 fully saturated rings. The highest BCUT2D eigenvalue weighted by molar-refractivity contribution is 14.0. The van der Waals surface area contributed by atoms with Gasteiger partial charge in [-0.2, -0.15) is 0 Å². The van der Waals surface area contributed by atoms with Gasteiger partial charge in [0.2, 0.25) is 5.91 Å². The summed E-state index contributed by atoms with van der Waals surface area (Å²) in [5.74, 6) is 0.607. The standard InChI is InChI=1S/C17H28N4O2.HI/c1-5-14-6-8-15(9-7-14)13-21(3)17(18-2)20-12-16(22)19-10-11-23-4;/h6-9H,5,10-13H2,1-4H3,(H,18,20)(H,19,22);1H. The third kappa shape index (κ3) is 8.49. The lowest BCUT2D eigenvalue weighted by molar-refractivity contribution is -0.120. The van der Waals surface area contributed by atoms with Crippen LogP contribution in [0.5, 0.6) is 0 Å². The summed E-state index contributed by atoms with van der Waals surface area (Å²) >= 11 is 0. The number of rotatable bonds is 8. The van der Waals surface area contributed by atoms with Crippen molar-refractivity contribution < 1.29 is 9.53 Å². The van der Waals surface area contributed by atoms with Gasteiger partial charge in [0.1, 0.15) is 0 Å². The number of amides is 1. The minimum atomic E-state index is -0.0797. The molecule has 1 aromatic rings. The van der Waals surface area contributed by atoms with Crippen molar-refractivity contribution in [3.8, 4) is 0 Å². The number of aryl methyl sites for hydroxylation is 1. The first-order valence-electron chi connectivity index (χ1n) is 7.86. The molecule has 6 nitrogen and oxygen atoms in total. The van der Waals surface area contributed by atoms with E-state index in [-0.39, 0.29) is 36.4 Å². The molecule has 0 bridgehead atoms. The first-order chi connectivity index (χ1) is 11.1. The van der Waals surface area contributed by atoms with E-state index in [2.05, 4.69) is 46.8 Å². The summed E-state index contributed by atoms with van der Waals surface area (Å²) in [5, 5.41) is 5.83. The smallest absolute Gasteiger partial charge is 0.239 e. The molecule has 0 saturated heterocycles. The van der Waals surface area contributed by atoms with Crippen LogP contribution >= 0.6 is 24.0 Å². The Kier molecular flexibility index (Phi) is 12.3. The molecule has 0 heterocycles. The molecule has 2 N–H and O–H groups in total. The van der Waals surface area contributed by atoms with Gasteiger partial charge in [-0.15, -0.1) is 24.0 Å². The van der Waals surface area contributed by atoms with Crippen LogP contribution in [0.3, 0.4) is 0 Å². The number of carbonyl (C=O) groups excluding carboxylic acids is 1. The Morgan fingerprint density at radius 2 is 1.83 bits per heavy atom. The van der Waals surface area contributed by atoms with Crippen LogP contribution in [0.25, 0.3) is 0 Å². The van der Waals surface area contributed by atoms with Crippen molar-refractivity contribution in [2.75, 3.05) is 40.9 Å². The van der Waals surface area contributed by atoms with Gasteiger partial charge < -0.3 is 20.3 Å². The molecule has 1 aromatic carbocycles. The van der Waals surface area contributed by atoms with E-state index in [1.54, 1.807) is 14.2 Å². The van der Waals surface area contributed by atoms with E-state index >= 15 is 0 Å². The third-order valence-electron chi connectivity index (χ3n) is 3.46. The topological polar surface area (TPSA) is 66.0 Å². The minimum Gasteiger partial charge on any atom is -0.383 e. The fraction of sp³-hybridized carbons (Fsp3) is 0.529. The molecule has 1 amide bonds. The molecule has 0 aromatic heterocycles. The first-order valence-corrected chi connectivity index (χ1v) is 7.86. The largest absolute Gasteiger partial charge is 0.383 e. The van der Waals surface area contributed by atoms with E-state index in [1.807, 2.05) is 11.9 Å². The third-order valence-corrected chi connectivity index (χ3v) is 3.46. The molecule has 0 aliphatic rings. The number of halogens is 1. The van der Waals surface area contributed by atoms with E-state index in [4.69, 9.17) is 4.74 Å². The Balaban J connectivity index is 0.00000529. The second-order valence-corrected chi connectivity index (χ2v) is 5.27. The maximum absolute atomic E-state index is 11.7. The van der Waals surface area contributed by atoms with Gasteiger partial charge in [-0.25, -0.2) is 0 Å². The van der Waals surface area contributed by atoms with Crippen molar-refractivity contribution in [3.63, 3.8) is 0 Å². The molecule has 0 aliphatic carbocycles. The molecule has 0 radical (unpaired) electrons. The number of hydrogen-bond acceptors (Lipinski definition) is 3. The number of guanidine groups is 1. The maximum Gasteiger partial charge on any atom is 0.239 e. The predicted octanol–water partition coefficient (Wildman–Crippen LogP) is 1.64. The van der Waals surface area contributed by atoms with Crippen LogP contribution in [-0.2, 0) is 22.5 Å². The molecule has 0 saturated carbocycles. The number of methoxy groups -OCH3 is 1. The normalized spacial score (nSPS) is 10.8. The van der Waals surface area contributed by atoms with E-state index in [0.717, 1.165) is 13.0 Å². The average molecular weight is 448 g/mol. The van der Waals surface area contributed by atoms with Crippen LogP contribution in [0.2, 0.25) is 0 Å². The van der Waals surface area contributed by atoms with E-state index in [1.165, 1.54) is 11.1 Å². The SMILES string of the molecule is CCc1ccc(CN(C)C(=NC)NCC(=O)NCCOC)cc1.I. The minimum absolute atomic E-state index is 0. The Morgan fingerprint density at radius 3 is 2.38 bits per heavy atom. The maximum atomic E-state index is 11.7. The van der Waals surface area contributed by atoms with Crippen LogP contribution in [0.1, 0.15) is 18.1 Å². The van der Waals surface area contributed by atoms with Crippen LogP contribution in [0.15, 0.2) is 29.3 Å². The molecule has 0 spiro atoms. The molecule has 136 valence electrons. The lowest BCUT2D eigenvalue weighted by atomic mass is 10.1. The lowest BCUT2D eigenvalue weighted by Crippen LogP contribution is -2.44. The predicted molar refractivity (Wildman–Crippen MR) is 109 cm³/mol. The quantitative estimate of drug-likeness (QED) is 0.275. The molecule has 0 aliphatic heterocycles. The fourth-order valence-electron chi connectivity index (χ4n) is 2.13. The number of carbonyl (C=O) groups is 1. The monoisotopic (exact) mass is 448 g/mol. The first kappa shape index (κ1) is 22.6. The number of hydrogen-bond donors (Lipinski definition) is 2. The molecule has 1 rings (SSSR count). The van der Waals surface area contributed by atoms with Crippen molar-refractivity contribution in [1.29, 1.82) is 0 Å². The van der Waals surface area contributed by atoms with Gasteiger partial charge in [0, 0.05) is 34.3 Å². The Bertz CT molecular complexity index is 506. The molecule has 0 atom stereocenters. The highest BCUT2D eigenvalue weighted by Gasteiger charge is 2.08. The summed E-state index contributed by atoms with van der Waals surface area (Å²) in [7, 11) is 5.27. The molecular weight excluding hydrogens is 419 g/mol. The van der Waals surface area contributed by atoms with Crippen molar-refractivity contribution in [2.24, 2.45) is 4.99 Å². The van der Waals surface area contributed by atoms with E-state index in [9.17, 15) is 4.79 Å². The van der Waals surface area contributed by atoms with E-state index < -0.39 is 0 Å². The van der Waals surface area contributed by atoms with Crippen molar-refractivity contribution in [2.45, 2.75) is 19.9 Å². The van der Waals surface area contributed by atoms with Crippen LogP contribution < -0.4 is 10.6 Å². The molecular formula is C17H29IN4O2. The number of nitrogens with zero attached hydrogens (tertiary/aromatic N) is 2. The van der Waals surface area contributed by atoms with Gasteiger partial charge in [-0.3, -0.25) is 9.79 Å². The van der Waals surface area contributed by atoms with Crippen LogP contribution in [0, 0.1) is 0 Å². The number of benzene rings is 1. The lowest BCUT2D eigenvalue weighted by Gasteiger charge is -2.22. The highest BCUT2D eigenvalue weighted by Crippen LogP contribution is 2.07. The average Bonchev–Trinajstić information content (AvgIpc) is 2.56. The Morgan fingerprint density at radius 1 is 1.21 bits per heavy atom. The zero-order chi connectivity index (χ0) is 17.1. The van der Waals surface area contributed by atoms with Gasteiger partial charge in [0.25, 0.3) is 0 Å². The van der Waals surface area contributed by atoms with Crippen molar-refractivity contribution >= 4 is 35.8 Å². The van der Waals surface area contributed by atoms with Crippen LogP contribution in [-0.4, -0.2) is 57.7 Å². The fourth-order valence-corrected chi connectivity index (χ4v) is 2.13. The number of aliphatic imine (C=N–C) groups is 1. The second kappa shape index (κ2) is 13.0. The number of nitrogens with one attached hydrogen (secondary N) is 2. The summed E-state index contributed by atoms with van der Waals surface area (Å²) in [5.41, 5.74) is 2.53. The Hall–Kier alpha value is -1.35. The zero-order valence-corrected chi connectivity index (χ0v) is 17.3. The van der Waals surface area contributed by atoms with Crippen LogP contribution in [0.4, 0.5) is 0 Å². The van der Waals surface area contributed by atoms with Crippen molar-refractivity contribution in [1.82, 2.24) is 15.5 Å². The molecule has 7 heteroatoms. The second-order valence-electron chi connectivity index (χ2n) is 5.27. The summed E-state index contributed by atoms with van der Waals surface area (Å²) in [6.07, 6.45) is 1.04. The molecule has 24 heavy (non-hydrogen) atoms. The molecule has 0 unspecified atom stereocenters. The van der Waals surface area contributed by atoms with Gasteiger partial charge in [0.05, 0.1) is 13.2 Å². The summed E-state index contributed by atoms with van der Waals surface area (Å²) < 4.78 is 4.89. The van der Waals surface area contributed by atoms with Crippen molar-refractivity contribution in [3.05, 3.63) is 35.4 Å². The number of ether oxygens (including phenoxy) is 1. The Labute approximate surface area is 162 Å². The zero-order valence-electron chi connectivity index (χ0n) is 15.0. The van der Waals surface area contributed by atoms with Gasteiger partial charge in [-0.1, -0.05) is 31.2 Å². The summed E-state index contributed by atoms with van der Waals surface area (Å²) in [6.45, 7) is 4.08. The van der Waals surface area contributed by atoms with Gasteiger partial charge >= 0.3 is 0 Å². The van der Waals surface area contributed by atoms with Gasteiger partial charge in [-0.05, 0) is 17.5 Å². The van der Waals surface area contributed by atoms with E-state index in [0.29, 0.717) is 19.1 Å². The summed E-state index contributed by atoms with van der Waals surface area (Å²) in [4.78, 5) is 17.9.